The molecule has 132 valence electrons. The van der Waals surface area contributed by atoms with E-state index in [9.17, 15) is 9.59 Å². The molecule has 0 aliphatic rings. The van der Waals surface area contributed by atoms with Crippen molar-refractivity contribution in [1.82, 2.24) is 0 Å². The smallest absolute Gasteiger partial charge is 0.339 e. The molecule has 0 aliphatic heterocycles. The molecule has 0 amide bonds. The first-order valence-corrected chi connectivity index (χ1v) is 9.21. The SMILES string of the molecule is C=CCOC(=O)c1cccc(C(CC)[SiH](OC)OC)c1C(=O)OC. The van der Waals surface area contributed by atoms with E-state index in [0.29, 0.717) is 12.0 Å². The van der Waals surface area contributed by atoms with Gasteiger partial charge < -0.3 is 18.3 Å². The Morgan fingerprint density at radius 1 is 1.21 bits per heavy atom. The second kappa shape index (κ2) is 10.0. The van der Waals surface area contributed by atoms with Crippen molar-refractivity contribution < 1.29 is 27.9 Å². The van der Waals surface area contributed by atoms with Crippen LogP contribution >= 0.6 is 0 Å². The van der Waals surface area contributed by atoms with E-state index in [1.54, 1.807) is 32.4 Å². The van der Waals surface area contributed by atoms with Gasteiger partial charge in [-0.15, -0.1) is 0 Å². The normalized spacial score (nSPS) is 11.9. The minimum Gasteiger partial charge on any atom is -0.465 e. The van der Waals surface area contributed by atoms with E-state index in [0.717, 1.165) is 0 Å². The van der Waals surface area contributed by atoms with Crippen LogP contribution in [0, 0.1) is 0 Å². The monoisotopic (exact) mass is 352 g/mol. The molecule has 1 rings (SSSR count). The molecule has 24 heavy (non-hydrogen) atoms. The summed E-state index contributed by atoms with van der Waals surface area (Å²) in [6, 6.07) is 5.05. The fourth-order valence-electron chi connectivity index (χ4n) is 2.58. The number of methoxy groups -OCH3 is 1. The van der Waals surface area contributed by atoms with Crippen molar-refractivity contribution in [3.63, 3.8) is 0 Å². The van der Waals surface area contributed by atoms with Gasteiger partial charge in [0.05, 0.1) is 18.2 Å². The number of hydrogen-bond donors (Lipinski definition) is 0. The Balaban J connectivity index is 3.46. The van der Waals surface area contributed by atoms with Gasteiger partial charge in [-0.2, -0.15) is 0 Å². The lowest BCUT2D eigenvalue weighted by atomic mass is 9.97. The van der Waals surface area contributed by atoms with Gasteiger partial charge in [0.15, 0.2) is 0 Å². The lowest BCUT2D eigenvalue weighted by Gasteiger charge is -2.24. The molecule has 0 heterocycles. The van der Waals surface area contributed by atoms with E-state index >= 15 is 0 Å². The zero-order valence-electron chi connectivity index (χ0n) is 14.5. The summed E-state index contributed by atoms with van der Waals surface area (Å²) in [5, 5.41) is 0. The van der Waals surface area contributed by atoms with Crippen LogP contribution in [0.3, 0.4) is 0 Å². The van der Waals surface area contributed by atoms with Crippen LogP contribution in [0.15, 0.2) is 30.9 Å². The van der Waals surface area contributed by atoms with Crippen LogP contribution in [0.5, 0.6) is 0 Å². The Kier molecular flexibility index (Phi) is 8.38. The summed E-state index contributed by atoms with van der Waals surface area (Å²) < 4.78 is 20.9. The molecule has 0 N–H and O–H groups in total. The Morgan fingerprint density at radius 3 is 2.38 bits per heavy atom. The van der Waals surface area contributed by atoms with Gasteiger partial charge in [0.1, 0.15) is 6.61 Å². The highest BCUT2D eigenvalue weighted by atomic mass is 28.3. The van der Waals surface area contributed by atoms with Crippen molar-refractivity contribution in [2.45, 2.75) is 18.9 Å². The summed E-state index contributed by atoms with van der Waals surface area (Å²) in [5.74, 6) is -1.19. The standard InChI is InChI=1S/C17H24O6Si/c1-6-11-23-16(18)13-10-8-9-12(15(13)17(19)20-3)14(7-2)24(21-4)22-5/h6,8-10,14,24H,1,7,11H2,2-5H3. The molecule has 6 nitrogen and oxygen atoms in total. The Labute approximate surface area is 144 Å². The highest BCUT2D eigenvalue weighted by Gasteiger charge is 2.31. The molecule has 0 saturated heterocycles. The van der Waals surface area contributed by atoms with Crippen LogP contribution < -0.4 is 0 Å². The molecule has 7 heteroatoms. The van der Waals surface area contributed by atoms with Crippen LogP contribution in [0.4, 0.5) is 0 Å². The Hall–Kier alpha value is -1.96. The number of carbonyl (C=O) groups excluding carboxylic acids is 2. The fourth-order valence-corrected chi connectivity index (χ4v) is 4.38. The number of benzene rings is 1. The molecular weight excluding hydrogens is 328 g/mol. The van der Waals surface area contributed by atoms with Gasteiger partial charge in [0.25, 0.3) is 0 Å². The van der Waals surface area contributed by atoms with E-state index in [1.165, 1.54) is 13.2 Å². The summed E-state index contributed by atoms with van der Waals surface area (Å²) in [7, 11) is 2.39. The molecule has 0 spiro atoms. The maximum absolute atomic E-state index is 12.3. The molecule has 1 aromatic rings. The zero-order valence-corrected chi connectivity index (χ0v) is 15.7. The number of hydrogen-bond acceptors (Lipinski definition) is 6. The molecule has 0 aromatic heterocycles. The molecule has 0 radical (unpaired) electrons. The molecule has 0 aliphatic carbocycles. The third-order valence-corrected chi connectivity index (χ3v) is 6.09. The topological polar surface area (TPSA) is 71.1 Å². The summed E-state index contributed by atoms with van der Waals surface area (Å²) >= 11 is 0. The largest absolute Gasteiger partial charge is 0.465 e. The third-order valence-electron chi connectivity index (χ3n) is 3.67. The van der Waals surface area contributed by atoms with E-state index in [1.807, 2.05) is 6.92 Å². The van der Waals surface area contributed by atoms with Crippen molar-refractivity contribution in [3.8, 4) is 0 Å². The zero-order chi connectivity index (χ0) is 18.1. The van der Waals surface area contributed by atoms with Crippen molar-refractivity contribution in [2.75, 3.05) is 27.9 Å². The van der Waals surface area contributed by atoms with Gasteiger partial charge in [-0.1, -0.05) is 31.7 Å². The van der Waals surface area contributed by atoms with E-state index in [-0.39, 0.29) is 23.3 Å². The minimum absolute atomic E-state index is 0.0639. The lowest BCUT2D eigenvalue weighted by Crippen LogP contribution is -2.30. The van der Waals surface area contributed by atoms with Crippen LogP contribution in [0.2, 0.25) is 0 Å². The number of rotatable bonds is 9. The molecular formula is C17H24O6Si. The van der Waals surface area contributed by atoms with E-state index in [4.69, 9.17) is 18.3 Å². The first-order valence-electron chi connectivity index (χ1n) is 7.60. The van der Waals surface area contributed by atoms with Gasteiger partial charge in [-0.3, -0.25) is 0 Å². The first-order chi connectivity index (χ1) is 11.5. The lowest BCUT2D eigenvalue weighted by molar-refractivity contribution is 0.0521. The average molecular weight is 352 g/mol. The van der Waals surface area contributed by atoms with Crippen LogP contribution in [-0.2, 0) is 18.3 Å². The highest BCUT2D eigenvalue weighted by Crippen LogP contribution is 2.29. The molecule has 1 atom stereocenters. The van der Waals surface area contributed by atoms with Crippen molar-refractivity contribution >= 4 is 21.2 Å². The summed E-state index contributed by atoms with van der Waals surface area (Å²) in [5.41, 5.74) is 0.936. The van der Waals surface area contributed by atoms with Gasteiger partial charge in [0.2, 0.25) is 0 Å². The number of ether oxygens (including phenoxy) is 2. The van der Waals surface area contributed by atoms with Crippen LogP contribution in [0.25, 0.3) is 0 Å². The van der Waals surface area contributed by atoms with Crippen LogP contribution in [0.1, 0.15) is 45.2 Å². The Morgan fingerprint density at radius 2 is 1.88 bits per heavy atom. The third kappa shape index (κ3) is 4.53. The maximum Gasteiger partial charge on any atom is 0.339 e. The molecule has 0 fully saturated rings. The number of carbonyl (C=O) groups is 2. The number of esters is 2. The summed E-state index contributed by atoms with van der Waals surface area (Å²) in [4.78, 5) is 24.6. The van der Waals surface area contributed by atoms with Crippen molar-refractivity contribution in [2.24, 2.45) is 0 Å². The second-order valence-electron chi connectivity index (χ2n) is 5.00. The molecule has 0 bridgehead atoms. The molecule has 1 unspecified atom stereocenters. The molecule has 1 aromatic carbocycles. The maximum atomic E-state index is 12.3. The Bertz CT molecular complexity index is 582. The fraction of sp³-hybridized carbons (Fsp3) is 0.412. The first kappa shape index (κ1) is 20.1. The van der Waals surface area contributed by atoms with Crippen molar-refractivity contribution in [1.29, 1.82) is 0 Å². The van der Waals surface area contributed by atoms with Gasteiger partial charge in [-0.25, -0.2) is 9.59 Å². The summed E-state index contributed by atoms with van der Waals surface area (Å²) in [6.45, 7) is 5.55. The predicted molar refractivity (Wildman–Crippen MR) is 92.5 cm³/mol. The highest BCUT2D eigenvalue weighted by molar-refractivity contribution is 6.46. The predicted octanol–water partition coefficient (Wildman–Crippen LogP) is 2.36. The van der Waals surface area contributed by atoms with E-state index < -0.39 is 21.2 Å². The van der Waals surface area contributed by atoms with Crippen LogP contribution in [-0.4, -0.2) is 49.2 Å². The van der Waals surface area contributed by atoms with E-state index in [2.05, 4.69) is 6.58 Å². The van der Waals surface area contributed by atoms with Gasteiger partial charge >= 0.3 is 21.2 Å². The molecule has 0 saturated carbocycles. The van der Waals surface area contributed by atoms with Gasteiger partial charge in [-0.05, 0) is 18.1 Å². The van der Waals surface area contributed by atoms with Crippen molar-refractivity contribution in [3.05, 3.63) is 47.5 Å². The average Bonchev–Trinajstić information content (AvgIpc) is 2.62. The summed E-state index contributed by atoms with van der Waals surface area (Å²) in [6.07, 6.45) is 2.17. The second-order valence-corrected chi connectivity index (χ2v) is 7.49. The minimum atomic E-state index is -2.06. The van der Waals surface area contributed by atoms with Gasteiger partial charge in [0, 0.05) is 19.8 Å². The quantitative estimate of drug-likeness (QED) is 0.386.